The van der Waals surface area contributed by atoms with Gasteiger partial charge < -0.3 is 9.79 Å². The molecule has 0 aromatic rings. The van der Waals surface area contributed by atoms with Crippen molar-refractivity contribution in [2.24, 2.45) is 0 Å². The van der Waals surface area contributed by atoms with E-state index >= 15 is 0 Å². The van der Waals surface area contributed by atoms with Crippen molar-refractivity contribution in [1.82, 2.24) is 0 Å². The molecule has 0 saturated carbocycles. The summed E-state index contributed by atoms with van der Waals surface area (Å²) in [5.41, 5.74) is 0. The van der Waals surface area contributed by atoms with Crippen LogP contribution in [0.5, 0.6) is 0 Å². The first kappa shape index (κ1) is 31.7. The van der Waals surface area contributed by atoms with Crippen LogP contribution in [0.4, 0.5) is 0 Å². The first-order valence-electron chi connectivity index (χ1n) is 11.6. The highest BCUT2D eigenvalue weighted by molar-refractivity contribution is 9.09. The summed E-state index contributed by atoms with van der Waals surface area (Å²) in [5.74, 6) is 0. The average Bonchev–Trinajstić information content (AvgIpc) is 2.72. The highest BCUT2D eigenvalue weighted by Crippen LogP contribution is 2.45. The molecule has 0 fully saturated rings. The lowest BCUT2D eigenvalue weighted by molar-refractivity contribution is 0.104. The van der Waals surface area contributed by atoms with Crippen LogP contribution in [-0.4, -0.2) is 41.5 Å². The normalized spacial score (nSPS) is 15.6. The van der Waals surface area contributed by atoms with Gasteiger partial charge >= 0.3 is 15.6 Å². The zero-order valence-electron chi connectivity index (χ0n) is 19.1. The minimum atomic E-state index is -4.18. The molecular formula is C20H43BrO8P2. The first-order valence-corrected chi connectivity index (χ1v) is 15.7. The van der Waals surface area contributed by atoms with Crippen molar-refractivity contribution < 1.29 is 37.0 Å². The fourth-order valence-electron chi connectivity index (χ4n) is 3.01. The van der Waals surface area contributed by atoms with Gasteiger partial charge in [-0.1, -0.05) is 106 Å². The zero-order valence-corrected chi connectivity index (χ0v) is 22.4. The van der Waals surface area contributed by atoms with Gasteiger partial charge in [0.1, 0.15) is 0 Å². The molecule has 31 heavy (non-hydrogen) atoms. The lowest BCUT2D eigenvalue weighted by atomic mass is 10.0. The molecule has 0 aliphatic rings. The molecule has 0 aliphatic heterocycles. The maximum Gasteiger partial charge on any atom is 0.472 e. The number of halogens is 1. The van der Waals surface area contributed by atoms with E-state index in [9.17, 15) is 18.9 Å². The van der Waals surface area contributed by atoms with Crippen molar-refractivity contribution in [3.05, 3.63) is 0 Å². The van der Waals surface area contributed by atoms with E-state index in [2.05, 4.69) is 31.9 Å². The van der Waals surface area contributed by atoms with Gasteiger partial charge in [0, 0.05) is 5.33 Å². The van der Waals surface area contributed by atoms with E-state index in [-0.39, 0.29) is 26.4 Å². The average molecular weight is 553 g/mol. The Bertz CT molecular complexity index is 496. The maximum absolute atomic E-state index is 11.7. The molecule has 0 spiro atoms. The number of hydrogen-bond acceptors (Lipinski definition) is 6. The molecule has 0 rings (SSSR count). The number of hydrogen-bond donors (Lipinski definition) is 2. The largest absolute Gasteiger partial charge is 0.472 e. The molecule has 2 unspecified atom stereocenters. The highest BCUT2D eigenvalue weighted by Gasteiger charge is 2.23. The summed E-state index contributed by atoms with van der Waals surface area (Å²) in [4.78, 5) is 18.9. The fourth-order valence-corrected chi connectivity index (χ4v) is 4.86. The predicted molar refractivity (Wildman–Crippen MR) is 128 cm³/mol. The number of unbranched alkanes of at least 4 members (excludes halogenated alkanes) is 13. The quantitative estimate of drug-likeness (QED) is 0.0738. The van der Waals surface area contributed by atoms with Crippen LogP contribution in [-0.2, 0) is 27.2 Å². The van der Waals surface area contributed by atoms with E-state index in [0.717, 1.165) is 12.8 Å². The molecule has 188 valence electrons. The second-order valence-electron chi connectivity index (χ2n) is 7.56. The number of rotatable bonds is 24. The number of alkyl halides is 1. The molecule has 0 aromatic heterocycles. The van der Waals surface area contributed by atoms with Gasteiger partial charge in [-0.3, -0.25) is 18.1 Å². The van der Waals surface area contributed by atoms with Crippen LogP contribution < -0.4 is 0 Å². The Balaban J connectivity index is 3.45. The molecule has 0 aliphatic carbocycles. The minimum absolute atomic E-state index is 0.00936. The smallest absolute Gasteiger partial charge is 0.302 e. The molecule has 2 atom stereocenters. The molecule has 8 nitrogen and oxygen atoms in total. The lowest BCUT2D eigenvalue weighted by Crippen LogP contribution is -2.06. The van der Waals surface area contributed by atoms with Crippen LogP contribution in [0.1, 0.15) is 96.8 Å². The summed E-state index contributed by atoms with van der Waals surface area (Å²) in [6, 6.07) is 0. The van der Waals surface area contributed by atoms with Gasteiger partial charge in [-0.05, 0) is 6.42 Å². The molecule has 0 heterocycles. The Morgan fingerprint density at radius 2 is 0.871 bits per heavy atom. The van der Waals surface area contributed by atoms with Gasteiger partial charge in [0.15, 0.2) is 0 Å². The van der Waals surface area contributed by atoms with E-state index in [4.69, 9.17) is 9.05 Å². The Morgan fingerprint density at radius 3 is 1.26 bits per heavy atom. The third kappa shape index (κ3) is 23.6. The van der Waals surface area contributed by atoms with Crippen molar-refractivity contribution in [3.63, 3.8) is 0 Å². The summed E-state index contributed by atoms with van der Waals surface area (Å²) in [7, 11) is -8.35. The number of phosphoric acid groups is 2. The minimum Gasteiger partial charge on any atom is -0.302 e. The van der Waals surface area contributed by atoms with Crippen LogP contribution in [0.15, 0.2) is 0 Å². The molecule has 0 aromatic carbocycles. The Morgan fingerprint density at radius 1 is 0.548 bits per heavy atom. The first-order chi connectivity index (χ1) is 14.8. The standard InChI is InChI=1S/C20H43BrO8P2/c1-2-3-4-5-6-7-8-9-10-11-12-13-14-15-17-26-30(22,23)28-19-20-29-31(24,25)27-18-16-21/h2-20H2,1H3,(H,22,23)(H,24,25). The molecule has 2 N–H and O–H groups in total. The van der Waals surface area contributed by atoms with Crippen LogP contribution in [0.3, 0.4) is 0 Å². The summed E-state index contributed by atoms with van der Waals surface area (Å²) < 4.78 is 42.0. The van der Waals surface area contributed by atoms with Gasteiger partial charge in [0.2, 0.25) is 0 Å². The Kier molecular flexibility index (Phi) is 21.7. The van der Waals surface area contributed by atoms with E-state index in [1.807, 2.05) is 0 Å². The molecular weight excluding hydrogens is 510 g/mol. The van der Waals surface area contributed by atoms with Crippen molar-refractivity contribution in [2.75, 3.05) is 31.8 Å². The van der Waals surface area contributed by atoms with Crippen molar-refractivity contribution >= 4 is 31.6 Å². The van der Waals surface area contributed by atoms with Gasteiger partial charge in [-0.2, -0.15) is 0 Å². The van der Waals surface area contributed by atoms with E-state index in [1.165, 1.54) is 70.6 Å². The van der Waals surface area contributed by atoms with Crippen molar-refractivity contribution in [3.8, 4) is 0 Å². The molecule has 11 heteroatoms. The summed E-state index contributed by atoms with van der Waals surface area (Å²) in [6.07, 6.45) is 17.3. The van der Waals surface area contributed by atoms with Crippen LogP contribution >= 0.6 is 31.6 Å². The SMILES string of the molecule is CCCCCCCCCCCCCCCCOP(=O)(O)OCCOP(=O)(O)OCCBr. The molecule has 0 amide bonds. The predicted octanol–water partition coefficient (Wildman–Crippen LogP) is 7.13. The maximum atomic E-state index is 11.7. The topological polar surface area (TPSA) is 112 Å². The van der Waals surface area contributed by atoms with Gasteiger partial charge in [0.25, 0.3) is 0 Å². The zero-order chi connectivity index (χ0) is 23.3. The van der Waals surface area contributed by atoms with Crippen LogP contribution in [0.25, 0.3) is 0 Å². The number of phosphoric ester groups is 2. The molecule has 0 saturated heterocycles. The summed E-state index contributed by atoms with van der Waals surface area (Å²) in [5, 5.41) is 0.385. The van der Waals surface area contributed by atoms with Gasteiger partial charge in [-0.15, -0.1) is 0 Å². The highest BCUT2D eigenvalue weighted by atomic mass is 79.9. The Hall–Kier alpha value is 0.700. The van der Waals surface area contributed by atoms with E-state index < -0.39 is 15.6 Å². The lowest BCUT2D eigenvalue weighted by Gasteiger charge is -2.14. The third-order valence-electron chi connectivity index (χ3n) is 4.68. The monoisotopic (exact) mass is 552 g/mol. The molecule has 0 bridgehead atoms. The fraction of sp³-hybridized carbons (Fsp3) is 1.00. The van der Waals surface area contributed by atoms with Crippen molar-refractivity contribution in [1.29, 1.82) is 0 Å². The summed E-state index contributed by atoms with van der Waals surface area (Å²) in [6.45, 7) is 1.68. The second-order valence-corrected chi connectivity index (χ2v) is 11.3. The second kappa shape index (κ2) is 21.2. The molecule has 0 radical (unpaired) electrons. The third-order valence-corrected chi connectivity index (χ3v) is 7.04. The van der Waals surface area contributed by atoms with Crippen LogP contribution in [0.2, 0.25) is 0 Å². The van der Waals surface area contributed by atoms with Gasteiger partial charge in [-0.25, -0.2) is 9.13 Å². The van der Waals surface area contributed by atoms with Gasteiger partial charge in [0.05, 0.1) is 26.4 Å². The van der Waals surface area contributed by atoms with Crippen LogP contribution in [0, 0.1) is 0 Å². The van der Waals surface area contributed by atoms with Crippen molar-refractivity contribution in [2.45, 2.75) is 96.8 Å². The van der Waals surface area contributed by atoms with E-state index in [1.54, 1.807) is 0 Å². The summed E-state index contributed by atoms with van der Waals surface area (Å²) >= 11 is 3.05. The Labute approximate surface area is 197 Å². The van der Waals surface area contributed by atoms with E-state index in [0.29, 0.717) is 11.8 Å².